The van der Waals surface area contributed by atoms with Gasteiger partial charge in [-0.25, -0.2) is 4.79 Å². The molecule has 2 unspecified atom stereocenters. The van der Waals surface area contributed by atoms with Crippen molar-refractivity contribution in [3.8, 4) is 0 Å². The topological polar surface area (TPSA) is 120 Å². The maximum atomic E-state index is 12.0. The Bertz CT molecular complexity index is 973. The van der Waals surface area contributed by atoms with Crippen LogP contribution < -0.4 is 0 Å². The summed E-state index contributed by atoms with van der Waals surface area (Å²) in [6.45, 7) is 11.4. The van der Waals surface area contributed by atoms with E-state index in [0.29, 0.717) is 26.1 Å². The minimum atomic E-state index is -0.751. The number of piperidine rings is 2. The van der Waals surface area contributed by atoms with E-state index in [9.17, 15) is 24.0 Å². The first kappa shape index (κ1) is 31.0. The van der Waals surface area contributed by atoms with Crippen LogP contribution in [-0.4, -0.2) is 84.4 Å². The molecule has 0 aliphatic carbocycles. The maximum Gasteiger partial charge on any atom is 0.410 e. The molecule has 0 aromatic heterocycles. The van der Waals surface area contributed by atoms with Gasteiger partial charge >= 0.3 is 18.0 Å². The van der Waals surface area contributed by atoms with Gasteiger partial charge in [-0.2, -0.15) is 0 Å². The van der Waals surface area contributed by atoms with Crippen LogP contribution in [0.1, 0.15) is 53.0 Å². The number of Topliss-reactive ketones (excluding diaryl/α,β-unsaturated/α-hetero) is 2. The molecule has 2 heterocycles. The largest absolute Gasteiger partial charge is 0.465 e. The normalized spacial score (nSPS) is 20.2. The average molecular weight is 533 g/mol. The molecule has 1 aromatic rings. The molecule has 0 N–H and O–H groups in total. The number of carbonyl (C=O) groups excluding carboxylic acids is 5. The van der Waals surface area contributed by atoms with E-state index in [1.807, 2.05) is 30.3 Å². The number of hydrogen-bond donors (Lipinski definition) is 0. The first-order valence-corrected chi connectivity index (χ1v) is 13.1. The van der Waals surface area contributed by atoms with Crippen LogP contribution in [0, 0.1) is 11.8 Å². The molecule has 1 aromatic carbocycles. The third kappa shape index (κ3) is 9.89. The molecule has 0 bridgehead atoms. The van der Waals surface area contributed by atoms with Crippen molar-refractivity contribution in [2.24, 2.45) is 11.8 Å². The lowest BCUT2D eigenvalue weighted by Gasteiger charge is -2.31. The molecule has 3 rings (SSSR count). The molecule has 0 saturated carbocycles. The van der Waals surface area contributed by atoms with E-state index in [-0.39, 0.29) is 37.1 Å². The summed E-state index contributed by atoms with van der Waals surface area (Å²) < 4.78 is 14.9. The van der Waals surface area contributed by atoms with Gasteiger partial charge in [0.2, 0.25) is 0 Å². The molecule has 2 aliphatic heterocycles. The lowest BCUT2D eigenvalue weighted by atomic mass is 9.95. The Hall–Kier alpha value is -3.27. The molecule has 1 amide bonds. The van der Waals surface area contributed by atoms with Gasteiger partial charge in [0, 0.05) is 19.6 Å². The highest BCUT2D eigenvalue weighted by Gasteiger charge is 2.36. The quantitative estimate of drug-likeness (QED) is 0.309. The molecule has 2 saturated heterocycles. The third-order valence-electron chi connectivity index (χ3n) is 5.97. The molecule has 10 nitrogen and oxygen atoms in total. The number of ether oxygens (including phenoxy) is 3. The van der Waals surface area contributed by atoms with Gasteiger partial charge in [-0.3, -0.25) is 24.1 Å². The van der Waals surface area contributed by atoms with Gasteiger partial charge in [-0.05, 0) is 53.0 Å². The molecule has 2 fully saturated rings. The van der Waals surface area contributed by atoms with Gasteiger partial charge < -0.3 is 19.1 Å². The fraction of sp³-hybridized carbons (Fsp3) is 0.607. The lowest BCUT2D eigenvalue weighted by Crippen LogP contribution is -2.48. The van der Waals surface area contributed by atoms with Crippen LogP contribution in [0.3, 0.4) is 0 Å². The molecule has 38 heavy (non-hydrogen) atoms. The summed E-state index contributed by atoms with van der Waals surface area (Å²) in [5.74, 6) is -2.51. The summed E-state index contributed by atoms with van der Waals surface area (Å²) >= 11 is 0. The van der Waals surface area contributed by atoms with E-state index in [1.54, 1.807) is 34.6 Å². The van der Waals surface area contributed by atoms with Crippen LogP contribution in [0.25, 0.3) is 0 Å². The predicted molar refractivity (Wildman–Crippen MR) is 139 cm³/mol. The van der Waals surface area contributed by atoms with Gasteiger partial charge in [0.05, 0.1) is 26.3 Å². The molecular weight excluding hydrogens is 492 g/mol. The first-order chi connectivity index (χ1) is 17.9. The zero-order valence-electron chi connectivity index (χ0n) is 23.1. The molecule has 0 spiro atoms. The summed E-state index contributed by atoms with van der Waals surface area (Å²) in [4.78, 5) is 62.2. The number of amides is 1. The maximum absolute atomic E-state index is 12.0. The average Bonchev–Trinajstić information content (AvgIpc) is 2.84. The van der Waals surface area contributed by atoms with E-state index in [2.05, 4.69) is 4.90 Å². The van der Waals surface area contributed by atoms with Crippen molar-refractivity contribution in [2.75, 3.05) is 39.4 Å². The molecule has 2 atom stereocenters. The SMILES string of the molecule is CCOC(=O)C1CCN(C(=O)OC(C)(C)C)CC1=O.CCOC(=O)C1CCN(Cc2ccccc2)CC1=O. The lowest BCUT2D eigenvalue weighted by molar-refractivity contribution is -0.155. The molecule has 210 valence electrons. The highest BCUT2D eigenvalue weighted by Crippen LogP contribution is 2.19. The van der Waals surface area contributed by atoms with Crippen molar-refractivity contribution in [1.29, 1.82) is 0 Å². The second-order valence-electron chi connectivity index (χ2n) is 10.2. The first-order valence-electron chi connectivity index (χ1n) is 13.1. The van der Waals surface area contributed by atoms with E-state index in [4.69, 9.17) is 14.2 Å². The van der Waals surface area contributed by atoms with E-state index < -0.39 is 29.5 Å². The smallest absolute Gasteiger partial charge is 0.410 e. The monoisotopic (exact) mass is 532 g/mol. The summed E-state index contributed by atoms with van der Waals surface area (Å²) in [6, 6.07) is 10.0. The highest BCUT2D eigenvalue weighted by molar-refractivity contribution is 6.01. The van der Waals surface area contributed by atoms with Crippen LogP contribution >= 0.6 is 0 Å². The van der Waals surface area contributed by atoms with Crippen molar-refractivity contribution < 1.29 is 38.2 Å². The van der Waals surface area contributed by atoms with Crippen molar-refractivity contribution >= 4 is 29.6 Å². The second kappa shape index (κ2) is 14.6. The molecule has 2 aliphatic rings. The summed E-state index contributed by atoms with van der Waals surface area (Å²) in [5.41, 5.74) is 0.586. The fourth-order valence-electron chi connectivity index (χ4n) is 4.15. The van der Waals surface area contributed by atoms with Crippen LogP contribution in [0.15, 0.2) is 30.3 Å². The Kier molecular flexibility index (Phi) is 11.9. The van der Waals surface area contributed by atoms with E-state index in [0.717, 1.165) is 13.1 Å². The zero-order valence-corrected chi connectivity index (χ0v) is 23.1. The van der Waals surface area contributed by atoms with Crippen molar-refractivity contribution in [3.05, 3.63) is 35.9 Å². The Balaban J connectivity index is 0.000000267. The van der Waals surface area contributed by atoms with E-state index >= 15 is 0 Å². The van der Waals surface area contributed by atoms with Gasteiger partial charge in [0.15, 0.2) is 11.6 Å². The minimum absolute atomic E-state index is 0.0272. The second-order valence-corrected chi connectivity index (χ2v) is 10.2. The Labute approximate surface area is 224 Å². The Morgan fingerprint density at radius 3 is 1.84 bits per heavy atom. The summed E-state index contributed by atoms with van der Waals surface area (Å²) in [7, 11) is 0. The number of rotatable bonds is 6. The van der Waals surface area contributed by atoms with Crippen LogP contribution in [0.2, 0.25) is 0 Å². The van der Waals surface area contributed by atoms with Gasteiger partial charge in [-0.15, -0.1) is 0 Å². The third-order valence-corrected chi connectivity index (χ3v) is 5.97. The predicted octanol–water partition coefficient (Wildman–Crippen LogP) is 3.02. The number of benzene rings is 1. The number of esters is 2. The zero-order chi connectivity index (χ0) is 28.3. The minimum Gasteiger partial charge on any atom is -0.465 e. The molecule has 10 heteroatoms. The highest BCUT2D eigenvalue weighted by atomic mass is 16.6. The fourth-order valence-corrected chi connectivity index (χ4v) is 4.15. The van der Waals surface area contributed by atoms with Crippen LogP contribution in [0.4, 0.5) is 4.79 Å². The summed E-state index contributed by atoms with van der Waals surface area (Å²) in [5, 5.41) is 0. The number of ketones is 2. The Morgan fingerprint density at radius 1 is 0.842 bits per heavy atom. The van der Waals surface area contributed by atoms with Crippen LogP contribution in [0.5, 0.6) is 0 Å². The van der Waals surface area contributed by atoms with Gasteiger partial charge in [0.1, 0.15) is 17.4 Å². The number of carbonyl (C=O) groups is 5. The van der Waals surface area contributed by atoms with Crippen LogP contribution in [-0.2, 0) is 39.9 Å². The van der Waals surface area contributed by atoms with Crippen molar-refractivity contribution in [1.82, 2.24) is 9.80 Å². The van der Waals surface area contributed by atoms with E-state index in [1.165, 1.54) is 10.5 Å². The molecular formula is C28H40N2O8. The number of nitrogens with zero attached hydrogens (tertiary/aromatic N) is 2. The number of hydrogen-bond acceptors (Lipinski definition) is 9. The molecule has 0 radical (unpaired) electrons. The van der Waals surface area contributed by atoms with Crippen molar-refractivity contribution in [3.63, 3.8) is 0 Å². The number of likely N-dealkylation sites (tertiary alicyclic amines) is 2. The van der Waals surface area contributed by atoms with Gasteiger partial charge in [-0.1, -0.05) is 30.3 Å². The Morgan fingerprint density at radius 2 is 1.37 bits per heavy atom. The van der Waals surface area contributed by atoms with Crippen molar-refractivity contribution in [2.45, 2.75) is 59.6 Å². The standard InChI is InChI=1S/C15H19NO3.C13H21NO5/c1-2-19-15(18)13-8-9-16(11-14(13)17)10-12-6-4-3-5-7-12;1-5-18-11(16)9-6-7-14(8-10(9)15)12(17)19-13(2,3)4/h3-7,13H,2,8-11H2,1H3;9H,5-8H2,1-4H3. The van der Waals surface area contributed by atoms with Gasteiger partial charge in [0.25, 0.3) is 0 Å². The summed E-state index contributed by atoms with van der Waals surface area (Å²) in [6.07, 6.45) is 0.324.